The van der Waals surface area contributed by atoms with Crippen LogP contribution in [0, 0.1) is 5.92 Å². The van der Waals surface area contributed by atoms with E-state index in [1.54, 1.807) is 6.33 Å². The van der Waals surface area contributed by atoms with Gasteiger partial charge in [-0.3, -0.25) is 4.57 Å². The maximum Gasteiger partial charge on any atom is 0.167 e. The third kappa shape index (κ3) is 3.95. The highest BCUT2D eigenvalue weighted by atomic mass is 16.5. The first-order valence-electron chi connectivity index (χ1n) is 9.80. The molecule has 27 heavy (non-hydrogen) atoms. The summed E-state index contributed by atoms with van der Waals surface area (Å²) in [4.78, 5) is 16.1. The molecule has 1 fully saturated rings. The van der Waals surface area contributed by atoms with Crippen LogP contribution in [-0.4, -0.2) is 32.7 Å². The Balaban J connectivity index is 1.70. The lowest BCUT2D eigenvalue weighted by atomic mass is 10.1. The zero-order chi connectivity index (χ0) is 18.6. The second-order valence-electron chi connectivity index (χ2n) is 7.60. The number of rotatable bonds is 6. The molecule has 1 atom stereocenters. The Morgan fingerprint density at radius 2 is 2.00 bits per heavy atom. The first-order valence-corrected chi connectivity index (χ1v) is 9.80. The Kier molecular flexibility index (Phi) is 5.34. The van der Waals surface area contributed by atoms with E-state index in [1.165, 1.54) is 12.0 Å². The van der Waals surface area contributed by atoms with E-state index in [2.05, 4.69) is 62.5 Å². The first-order chi connectivity index (χ1) is 13.2. The van der Waals surface area contributed by atoms with Gasteiger partial charge in [-0.15, -0.1) is 0 Å². The van der Waals surface area contributed by atoms with Gasteiger partial charge in [0.1, 0.15) is 12.6 Å². The van der Waals surface area contributed by atoms with E-state index >= 15 is 0 Å². The summed E-state index contributed by atoms with van der Waals surface area (Å²) < 4.78 is 8.01. The normalized spacial score (nSPS) is 17.5. The van der Waals surface area contributed by atoms with E-state index in [4.69, 9.17) is 4.74 Å². The lowest BCUT2D eigenvalue weighted by molar-refractivity contribution is -0.0298. The molecule has 0 aliphatic carbocycles. The molecule has 0 radical (unpaired) electrons. The van der Waals surface area contributed by atoms with Gasteiger partial charge in [0.15, 0.2) is 17.0 Å². The summed E-state index contributed by atoms with van der Waals surface area (Å²) >= 11 is 0. The van der Waals surface area contributed by atoms with E-state index in [0.717, 1.165) is 49.5 Å². The molecule has 3 heterocycles. The topological polar surface area (TPSA) is 56.1 Å². The zero-order valence-electron chi connectivity index (χ0n) is 16.1. The molecule has 4 rings (SSSR count). The fourth-order valence-corrected chi connectivity index (χ4v) is 3.70. The van der Waals surface area contributed by atoms with Crippen molar-refractivity contribution in [2.45, 2.75) is 45.9 Å². The molecule has 0 amide bonds. The number of aromatic nitrogens is 4. The average Bonchev–Trinajstić information content (AvgIpc) is 3.13. The molecule has 2 aromatic heterocycles. The van der Waals surface area contributed by atoms with E-state index < -0.39 is 0 Å². The minimum atomic E-state index is 0.0270. The van der Waals surface area contributed by atoms with Crippen LogP contribution in [0.15, 0.2) is 43.0 Å². The van der Waals surface area contributed by atoms with Crippen molar-refractivity contribution in [3.63, 3.8) is 0 Å². The molecule has 1 aliphatic rings. The smallest absolute Gasteiger partial charge is 0.167 e. The summed E-state index contributed by atoms with van der Waals surface area (Å²) in [7, 11) is 0. The van der Waals surface area contributed by atoms with Crippen molar-refractivity contribution in [3.05, 3.63) is 48.5 Å². The van der Waals surface area contributed by atoms with Crippen LogP contribution in [-0.2, 0) is 11.3 Å². The standard InChI is InChI=1S/C21H27N5O/c1-16(2)12-25(13-17-8-4-3-5-9-17)20-19-21(23-14-22-20)26(15-24-19)18-10-6-7-11-27-18/h3-5,8-9,14-16,18H,6-7,10-13H2,1-2H3. The summed E-state index contributed by atoms with van der Waals surface area (Å²) in [6.07, 6.45) is 6.84. The number of fused-ring (bicyclic) bond motifs is 1. The largest absolute Gasteiger partial charge is 0.358 e. The molecule has 1 aliphatic heterocycles. The molecule has 3 aromatic rings. The van der Waals surface area contributed by atoms with Crippen molar-refractivity contribution in [2.24, 2.45) is 5.92 Å². The maximum atomic E-state index is 5.94. The van der Waals surface area contributed by atoms with Gasteiger partial charge in [-0.25, -0.2) is 15.0 Å². The Bertz CT molecular complexity index is 871. The highest BCUT2D eigenvalue weighted by Crippen LogP contribution is 2.29. The van der Waals surface area contributed by atoms with Crippen molar-refractivity contribution < 1.29 is 4.74 Å². The highest BCUT2D eigenvalue weighted by Gasteiger charge is 2.22. The number of nitrogens with zero attached hydrogens (tertiary/aromatic N) is 5. The summed E-state index contributed by atoms with van der Waals surface area (Å²) in [5.41, 5.74) is 2.97. The van der Waals surface area contributed by atoms with Gasteiger partial charge in [-0.2, -0.15) is 0 Å². The molecule has 1 saturated heterocycles. The van der Waals surface area contributed by atoms with E-state index in [-0.39, 0.29) is 6.23 Å². The van der Waals surface area contributed by atoms with Gasteiger partial charge in [0.25, 0.3) is 0 Å². The minimum absolute atomic E-state index is 0.0270. The molecule has 0 bridgehead atoms. The van der Waals surface area contributed by atoms with Crippen LogP contribution < -0.4 is 4.90 Å². The zero-order valence-corrected chi connectivity index (χ0v) is 16.1. The van der Waals surface area contributed by atoms with Crippen LogP contribution in [0.5, 0.6) is 0 Å². The van der Waals surface area contributed by atoms with E-state index in [9.17, 15) is 0 Å². The molecule has 6 nitrogen and oxygen atoms in total. The van der Waals surface area contributed by atoms with Gasteiger partial charge < -0.3 is 9.64 Å². The monoisotopic (exact) mass is 365 g/mol. The molecular formula is C21H27N5O. The molecule has 0 N–H and O–H groups in total. The molecule has 0 saturated carbocycles. The molecule has 6 heteroatoms. The number of anilines is 1. The van der Waals surface area contributed by atoms with Crippen LogP contribution in [0.4, 0.5) is 5.82 Å². The van der Waals surface area contributed by atoms with Crippen molar-refractivity contribution >= 4 is 17.0 Å². The maximum absolute atomic E-state index is 5.94. The van der Waals surface area contributed by atoms with Crippen LogP contribution in [0.3, 0.4) is 0 Å². The van der Waals surface area contributed by atoms with Crippen molar-refractivity contribution in [3.8, 4) is 0 Å². The SMILES string of the molecule is CC(C)CN(Cc1ccccc1)c1ncnc2c1ncn2C1CCCCO1. The van der Waals surface area contributed by atoms with Gasteiger partial charge in [-0.1, -0.05) is 44.2 Å². The predicted octanol–water partition coefficient (Wildman–Crippen LogP) is 4.19. The Hall–Kier alpha value is -2.47. The fourth-order valence-electron chi connectivity index (χ4n) is 3.70. The predicted molar refractivity (Wildman–Crippen MR) is 106 cm³/mol. The molecule has 142 valence electrons. The van der Waals surface area contributed by atoms with Crippen molar-refractivity contribution in [2.75, 3.05) is 18.1 Å². The molecular weight excluding hydrogens is 338 g/mol. The second kappa shape index (κ2) is 8.05. The summed E-state index contributed by atoms with van der Waals surface area (Å²) in [6, 6.07) is 10.5. The number of ether oxygens (including phenoxy) is 1. The fraction of sp³-hybridized carbons (Fsp3) is 0.476. The number of imidazole rings is 1. The highest BCUT2D eigenvalue weighted by molar-refractivity contribution is 5.83. The van der Waals surface area contributed by atoms with E-state index in [1.807, 2.05) is 12.4 Å². The Morgan fingerprint density at radius 3 is 2.74 bits per heavy atom. The number of hydrogen-bond acceptors (Lipinski definition) is 5. The van der Waals surface area contributed by atoms with Crippen LogP contribution in [0.1, 0.15) is 44.9 Å². The third-order valence-corrected chi connectivity index (χ3v) is 4.91. The summed E-state index contributed by atoms with van der Waals surface area (Å²) in [5, 5.41) is 0. The molecule has 1 aromatic carbocycles. The van der Waals surface area contributed by atoms with Crippen molar-refractivity contribution in [1.82, 2.24) is 19.5 Å². The second-order valence-corrected chi connectivity index (χ2v) is 7.60. The first kappa shape index (κ1) is 17.9. The molecule has 1 unspecified atom stereocenters. The minimum Gasteiger partial charge on any atom is -0.358 e. The average molecular weight is 365 g/mol. The van der Waals surface area contributed by atoms with Gasteiger partial charge in [-0.05, 0) is 30.7 Å². The Labute approximate surface area is 160 Å². The van der Waals surface area contributed by atoms with Gasteiger partial charge in [0.05, 0.1) is 6.33 Å². The van der Waals surface area contributed by atoms with Gasteiger partial charge in [0.2, 0.25) is 0 Å². The van der Waals surface area contributed by atoms with Crippen LogP contribution >= 0.6 is 0 Å². The van der Waals surface area contributed by atoms with Gasteiger partial charge in [0, 0.05) is 19.7 Å². The Morgan fingerprint density at radius 1 is 1.15 bits per heavy atom. The van der Waals surface area contributed by atoms with Gasteiger partial charge >= 0.3 is 0 Å². The van der Waals surface area contributed by atoms with Crippen LogP contribution in [0.25, 0.3) is 11.2 Å². The lowest BCUT2D eigenvalue weighted by Crippen LogP contribution is -2.28. The molecule has 0 spiro atoms. The number of benzene rings is 1. The van der Waals surface area contributed by atoms with Crippen molar-refractivity contribution in [1.29, 1.82) is 0 Å². The quantitative estimate of drug-likeness (QED) is 0.656. The van der Waals surface area contributed by atoms with E-state index in [0.29, 0.717) is 5.92 Å². The lowest BCUT2D eigenvalue weighted by Gasteiger charge is -2.26. The number of hydrogen-bond donors (Lipinski definition) is 0. The summed E-state index contributed by atoms with van der Waals surface area (Å²) in [6.45, 7) is 6.97. The van der Waals surface area contributed by atoms with Crippen LogP contribution in [0.2, 0.25) is 0 Å². The summed E-state index contributed by atoms with van der Waals surface area (Å²) in [5.74, 6) is 1.41. The third-order valence-electron chi connectivity index (χ3n) is 4.91.